The number of rotatable bonds is 3. The van der Waals surface area contributed by atoms with E-state index in [9.17, 15) is 0 Å². The van der Waals surface area contributed by atoms with Crippen LogP contribution in [0.5, 0.6) is 0 Å². The van der Waals surface area contributed by atoms with E-state index in [1.165, 1.54) is 32.1 Å². The Bertz CT molecular complexity index is 418. The molecular weight excluding hydrogens is 222 g/mol. The van der Waals surface area contributed by atoms with Crippen molar-refractivity contribution >= 4 is 5.82 Å². The van der Waals surface area contributed by atoms with Crippen LogP contribution in [0.1, 0.15) is 44.6 Å². The van der Waals surface area contributed by atoms with Crippen molar-refractivity contribution in [3.8, 4) is 6.07 Å². The van der Waals surface area contributed by atoms with Gasteiger partial charge >= 0.3 is 0 Å². The predicted octanol–water partition coefficient (Wildman–Crippen LogP) is 3.36. The molecule has 1 saturated carbocycles. The Morgan fingerprint density at radius 2 is 2.17 bits per heavy atom. The fourth-order valence-corrected chi connectivity index (χ4v) is 3.00. The average Bonchev–Trinajstić information content (AvgIpc) is 2.46. The maximum Gasteiger partial charge on any atom is 0.128 e. The van der Waals surface area contributed by atoms with Crippen LogP contribution >= 0.6 is 0 Å². The van der Waals surface area contributed by atoms with Gasteiger partial charge in [0.1, 0.15) is 11.9 Å². The van der Waals surface area contributed by atoms with Crippen molar-refractivity contribution in [2.45, 2.75) is 45.1 Å². The number of nitrogens with zero attached hydrogens (tertiary/aromatic N) is 3. The SMILES string of the molecule is CC[C@@H]1CCCC[C@@H]1N(C)c1ccc(C#N)cn1. The average molecular weight is 243 g/mol. The van der Waals surface area contributed by atoms with Gasteiger partial charge in [0.15, 0.2) is 0 Å². The number of aromatic nitrogens is 1. The van der Waals surface area contributed by atoms with Crippen molar-refractivity contribution in [3.05, 3.63) is 23.9 Å². The number of anilines is 1. The van der Waals surface area contributed by atoms with Crippen LogP contribution in [0.3, 0.4) is 0 Å². The molecule has 0 saturated heterocycles. The van der Waals surface area contributed by atoms with E-state index in [0.717, 1.165) is 11.7 Å². The third-order valence-electron chi connectivity index (χ3n) is 4.13. The van der Waals surface area contributed by atoms with E-state index in [1.807, 2.05) is 12.1 Å². The van der Waals surface area contributed by atoms with Gasteiger partial charge in [-0.25, -0.2) is 4.98 Å². The van der Waals surface area contributed by atoms with E-state index < -0.39 is 0 Å². The maximum absolute atomic E-state index is 8.79. The fourth-order valence-electron chi connectivity index (χ4n) is 3.00. The van der Waals surface area contributed by atoms with Crippen LogP contribution in [0.2, 0.25) is 0 Å². The summed E-state index contributed by atoms with van der Waals surface area (Å²) >= 11 is 0. The molecule has 0 bridgehead atoms. The van der Waals surface area contributed by atoms with E-state index in [2.05, 4.69) is 29.9 Å². The Morgan fingerprint density at radius 3 is 2.78 bits per heavy atom. The normalized spacial score (nSPS) is 23.4. The lowest BCUT2D eigenvalue weighted by atomic mass is 9.82. The van der Waals surface area contributed by atoms with E-state index >= 15 is 0 Å². The summed E-state index contributed by atoms with van der Waals surface area (Å²) in [5.74, 6) is 1.76. The zero-order valence-corrected chi connectivity index (χ0v) is 11.3. The Hall–Kier alpha value is -1.56. The van der Waals surface area contributed by atoms with Gasteiger partial charge in [0, 0.05) is 19.3 Å². The molecule has 3 nitrogen and oxygen atoms in total. The first-order chi connectivity index (χ1) is 8.76. The van der Waals surface area contributed by atoms with Gasteiger partial charge in [0.25, 0.3) is 0 Å². The first-order valence-electron chi connectivity index (χ1n) is 6.85. The molecule has 1 heterocycles. The molecule has 0 spiro atoms. The first-order valence-corrected chi connectivity index (χ1v) is 6.85. The summed E-state index contributed by atoms with van der Waals surface area (Å²) in [5, 5.41) is 8.79. The second-order valence-electron chi connectivity index (χ2n) is 5.15. The number of hydrogen-bond acceptors (Lipinski definition) is 3. The Balaban J connectivity index is 2.13. The Labute approximate surface area is 109 Å². The third-order valence-corrected chi connectivity index (χ3v) is 4.13. The summed E-state index contributed by atoms with van der Waals surface area (Å²) in [4.78, 5) is 6.70. The van der Waals surface area contributed by atoms with Crippen LogP contribution < -0.4 is 4.90 Å². The molecule has 0 aromatic carbocycles. The molecule has 0 radical (unpaired) electrons. The van der Waals surface area contributed by atoms with Crippen molar-refractivity contribution in [1.82, 2.24) is 4.98 Å². The highest BCUT2D eigenvalue weighted by Gasteiger charge is 2.27. The molecule has 1 aromatic heterocycles. The maximum atomic E-state index is 8.79. The molecule has 1 fully saturated rings. The van der Waals surface area contributed by atoms with E-state index in [4.69, 9.17) is 5.26 Å². The Kier molecular flexibility index (Phi) is 4.19. The zero-order valence-electron chi connectivity index (χ0n) is 11.3. The highest BCUT2D eigenvalue weighted by molar-refractivity contribution is 5.42. The van der Waals surface area contributed by atoms with Gasteiger partial charge in [-0.05, 0) is 30.9 Å². The van der Waals surface area contributed by atoms with E-state index in [0.29, 0.717) is 11.6 Å². The summed E-state index contributed by atoms with van der Waals surface area (Å²) in [6, 6.07) is 6.52. The van der Waals surface area contributed by atoms with Crippen molar-refractivity contribution in [2.75, 3.05) is 11.9 Å². The summed E-state index contributed by atoms with van der Waals surface area (Å²) in [7, 11) is 2.13. The lowest BCUT2D eigenvalue weighted by molar-refractivity contribution is 0.291. The van der Waals surface area contributed by atoms with Crippen molar-refractivity contribution < 1.29 is 0 Å². The minimum atomic E-state index is 0.601. The summed E-state index contributed by atoms with van der Waals surface area (Å²) in [5.41, 5.74) is 0.628. The minimum Gasteiger partial charge on any atom is -0.356 e. The van der Waals surface area contributed by atoms with E-state index in [-0.39, 0.29) is 0 Å². The van der Waals surface area contributed by atoms with Crippen LogP contribution in [0.15, 0.2) is 18.3 Å². The number of hydrogen-bond donors (Lipinski definition) is 0. The molecular formula is C15H21N3. The molecule has 18 heavy (non-hydrogen) atoms. The molecule has 1 aromatic rings. The topological polar surface area (TPSA) is 39.9 Å². The van der Waals surface area contributed by atoms with Gasteiger partial charge in [0.2, 0.25) is 0 Å². The summed E-state index contributed by atoms with van der Waals surface area (Å²) in [6.07, 6.45) is 8.19. The van der Waals surface area contributed by atoms with Crippen molar-refractivity contribution in [2.24, 2.45) is 5.92 Å². The minimum absolute atomic E-state index is 0.601. The third kappa shape index (κ3) is 2.64. The number of nitriles is 1. The molecule has 1 aliphatic carbocycles. The smallest absolute Gasteiger partial charge is 0.128 e. The molecule has 2 atom stereocenters. The fraction of sp³-hybridized carbons (Fsp3) is 0.600. The summed E-state index contributed by atoms with van der Waals surface area (Å²) in [6.45, 7) is 2.28. The van der Waals surface area contributed by atoms with Crippen molar-refractivity contribution in [1.29, 1.82) is 5.26 Å². The van der Waals surface area contributed by atoms with Gasteiger partial charge in [-0.3, -0.25) is 0 Å². The molecule has 0 aliphatic heterocycles. The summed E-state index contributed by atoms with van der Waals surface area (Å²) < 4.78 is 0. The van der Waals surface area contributed by atoms with Crippen LogP contribution in [0.4, 0.5) is 5.82 Å². The van der Waals surface area contributed by atoms with Gasteiger partial charge in [0.05, 0.1) is 5.56 Å². The lowest BCUT2D eigenvalue weighted by Gasteiger charge is -2.38. The van der Waals surface area contributed by atoms with E-state index in [1.54, 1.807) is 6.20 Å². The number of pyridine rings is 1. The molecule has 3 heteroatoms. The second kappa shape index (κ2) is 5.86. The Morgan fingerprint density at radius 1 is 1.39 bits per heavy atom. The molecule has 96 valence electrons. The van der Waals surface area contributed by atoms with Gasteiger partial charge < -0.3 is 4.90 Å². The molecule has 0 unspecified atom stereocenters. The van der Waals surface area contributed by atoms with Gasteiger partial charge in [-0.2, -0.15) is 5.26 Å². The zero-order chi connectivity index (χ0) is 13.0. The standard InChI is InChI=1S/C15H21N3/c1-3-13-6-4-5-7-14(13)18(2)15-9-8-12(10-16)11-17-15/h8-9,11,13-14H,3-7H2,1-2H3/t13-,14+/m1/s1. The monoisotopic (exact) mass is 243 g/mol. The molecule has 1 aliphatic rings. The van der Waals surface area contributed by atoms with Crippen molar-refractivity contribution in [3.63, 3.8) is 0 Å². The highest BCUT2D eigenvalue weighted by Crippen LogP contribution is 2.31. The predicted molar refractivity (Wildman–Crippen MR) is 73.4 cm³/mol. The van der Waals surface area contributed by atoms with Crippen LogP contribution in [-0.2, 0) is 0 Å². The van der Waals surface area contributed by atoms with Gasteiger partial charge in [-0.1, -0.05) is 26.2 Å². The quantitative estimate of drug-likeness (QED) is 0.817. The highest BCUT2D eigenvalue weighted by atomic mass is 15.2. The first kappa shape index (κ1) is 12.9. The van der Waals surface area contributed by atoms with Crippen LogP contribution in [0, 0.1) is 17.2 Å². The second-order valence-corrected chi connectivity index (χ2v) is 5.15. The molecule has 0 N–H and O–H groups in total. The van der Waals surface area contributed by atoms with Gasteiger partial charge in [-0.15, -0.1) is 0 Å². The van der Waals surface area contributed by atoms with Crippen LogP contribution in [0.25, 0.3) is 0 Å². The largest absolute Gasteiger partial charge is 0.356 e. The molecule has 0 amide bonds. The molecule has 2 rings (SSSR count). The lowest BCUT2D eigenvalue weighted by Crippen LogP contribution is -2.40. The van der Waals surface area contributed by atoms with Crippen LogP contribution in [-0.4, -0.2) is 18.1 Å².